The maximum absolute atomic E-state index is 12.5. The Kier molecular flexibility index (Phi) is 5.63. The molecule has 0 radical (unpaired) electrons. The molecule has 0 saturated carbocycles. The van der Waals surface area contributed by atoms with Gasteiger partial charge in [-0.25, -0.2) is 9.59 Å². The van der Waals surface area contributed by atoms with Crippen molar-refractivity contribution in [3.8, 4) is 12.0 Å². The van der Waals surface area contributed by atoms with Gasteiger partial charge in [-0.15, -0.1) is 0 Å². The fourth-order valence-electron chi connectivity index (χ4n) is 2.50. The Morgan fingerprint density at radius 2 is 1.39 bits per heavy atom. The van der Waals surface area contributed by atoms with Crippen molar-refractivity contribution in [2.75, 3.05) is 0 Å². The summed E-state index contributed by atoms with van der Waals surface area (Å²) < 4.78 is 4.86. The Morgan fingerprint density at radius 3 is 2.04 bits per heavy atom. The molecule has 3 aromatic rings. The van der Waals surface area contributed by atoms with Crippen molar-refractivity contribution in [3.63, 3.8) is 0 Å². The summed E-state index contributed by atoms with van der Waals surface area (Å²) in [4.78, 5) is 36.3. The average Bonchev–Trinajstić information content (AvgIpc) is 2.74. The van der Waals surface area contributed by atoms with E-state index in [-0.39, 0.29) is 22.5 Å². The van der Waals surface area contributed by atoms with Gasteiger partial charge in [0.1, 0.15) is 6.11 Å². The van der Waals surface area contributed by atoms with Gasteiger partial charge in [0, 0.05) is 16.7 Å². The van der Waals surface area contributed by atoms with Gasteiger partial charge in [-0.1, -0.05) is 54.6 Å². The third-order valence-corrected chi connectivity index (χ3v) is 3.88. The fourth-order valence-corrected chi connectivity index (χ4v) is 2.50. The standard InChI is InChI=1S/C23H14O5/c24-21(17-9-5-2-6-10-17)18-11-12-19(20(15-18)22(25)26)23(27)28-14-13-16-7-3-1-4-8-16/h1-12,15H,(H,25,26). The maximum Gasteiger partial charge on any atom is 0.352 e. The van der Waals surface area contributed by atoms with E-state index in [9.17, 15) is 19.5 Å². The van der Waals surface area contributed by atoms with E-state index >= 15 is 0 Å². The summed E-state index contributed by atoms with van der Waals surface area (Å²) in [7, 11) is 0. The second kappa shape index (κ2) is 8.47. The Labute approximate surface area is 161 Å². The van der Waals surface area contributed by atoms with Gasteiger partial charge in [-0.3, -0.25) is 4.79 Å². The highest BCUT2D eigenvalue weighted by molar-refractivity contribution is 6.11. The Hall–Kier alpha value is -4.17. The van der Waals surface area contributed by atoms with Crippen LogP contribution in [0.3, 0.4) is 0 Å². The van der Waals surface area contributed by atoms with E-state index in [1.165, 1.54) is 18.2 Å². The smallest absolute Gasteiger partial charge is 0.352 e. The van der Waals surface area contributed by atoms with Crippen molar-refractivity contribution in [1.29, 1.82) is 0 Å². The summed E-state index contributed by atoms with van der Waals surface area (Å²) in [6.07, 6.45) is 2.27. The molecule has 0 fully saturated rings. The van der Waals surface area contributed by atoms with Crippen molar-refractivity contribution in [2.24, 2.45) is 0 Å². The quantitative estimate of drug-likeness (QED) is 0.429. The Balaban J connectivity index is 1.85. The van der Waals surface area contributed by atoms with Crippen LogP contribution in [0.5, 0.6) is 0 Å². The van der Waals surface area contributed by atoms with Gasteiger partial charge in [0.05, 0.1) is 11.1 Å². The van der Waals surface area contributed by atoms with E-state index in [1.807, 2.05) is 6.07 Å². The molecule has 0 amide bonds. The van der Waals surface area contributed by atoms with Crippen molar-refractivity contribution in [3.05, 3.63) is 107 Å². The number of aromatic carboxylic acids is 1. The van der Waals surface area contributed by atoms with Crippen molar-refractivity contribution in [1.82, 2.24) is 0 Å². The summed E-state index contributed by atoms with van der Waals surface area (Å²) in [6, 6.07) is 21.2. The first-order valence-electron chi connectivity index (χ1n) is 8.30. The zero-order valence-electron chi connectivity index (χ0n) is 14.6. The number of ketones is 1. The number of hydrogen-bond donors (Lipinski definition) is 1. The summed E-state index contributed by atoms with van der Waals surface area (Å²) in [5, 5.41) is 9.44. The predicted octanol–water partition coefficient (Wildman–Crippen LogP) is 3.78. The van der Waals surface area contributed by atoms with Crippen LogP contribution in [-0.4, -0.2) is 22.8 Å². The second-order valence-electron chi connectivity index (χ2n) is 5.74. The summed E-state index contributed by atoms with van der Waals surface area (Å²) in [6.45, 7) is 0. The average molecular weight is 370 g/mol. The molecule has 5 nitrogen and oxygen atoms in total. The van der Waals surface area contributed by atoms with Crippen LogP contribution in [0.25, 0.3) is 0 Å². The van der Waals surface area contributed by atoms with Gasteiger partial charge >= 0.3 is 11.9 Å². The number of rotatable bonds is 4. The normalized spacial score (nSPS) is 9.71. The van der Waals surface area contributed by atoms with Crippen LogP contribution in [0.4, 0.5) is 0 Å². The molecule has 0 aliphatic rings. The SMILES string of the molecule is O=C(c1ccccc1)c1ccc(C(=O)OC#Cc2ccccc2)c(C(=O)O)c1. The number of esters is 1. The summed E-state index contributed by atoms with van der Waals surface area (Å²) >= 11 is 0. The zero-order chi connectivity index (χ0) is 19.9. The molecule has 28 heavy (non-hydrogen) atoms. The summed E-state index contributed by atoms with van der Waals surface area (Å²) in [5.74, 6) is 0.0645. The number of carbonyl (C=O) groups is 3. The van der Waals surface area contributed by atoms with Crippen LogP contribution < -0.4 is 0 Å². The number of carboxylic acids is 1. The molecule has 0 heterocycles. The molecule has 0 bridgehead atoms. The molecule has 0 saturated heterocycles. The van der Waals surface area contributed by atoms with E-state index in [4.69, 9.17) is 4.74 Å². The highest BCUT2D eigenvalue weighted by Crippen LogP contribution is 2.17. The Morgan fingerprint density at radius 1 is 0.750 bits per heavy atom. The number of ether oxygens (including phenoxy) is 1. The van der Waals surface area contributed by atoms with Gasteiger partial charge < -0.3 is 9.84 Å². The molecular formula is C23H14O5. The lowest BCUT2D eigenvalue weighted by atomic mass is 9.98. The molecule has 0 aliphatic heterocycles. The predicted molar refractivity (Wildman–Crippen MR) is 102 cm³/mol. The number of carboxylic acid groups (broad SMARTS) is 1. The molecule has 136 valence electrons. The van der Waals surface area contributed by atoms with E-state index < -0.39 is 11.9 Å². The third kappa shape index (κ3) is 4.32. The topological polar surface area (TPSA) is 80.7 Å². The first kappa shape index (κ1) is 18.6. The van der Waals surface area contributed by atoms with Crippen LogP contribution in [0, 0.1) is 12.0 Å². The van der Waals surface area contributed by atoms with Gasteiger partial charge in [0.25, 0.3) is 0 Å². The van der Waals surface area contributed by atoms with Gasteiger partial charge in [-0.2, -0.15) is 0 Å². The van der Waals surface area contributed by atoms with Crippen LogP contribution >= 0.6 is 0 Å². The van der Waals surface area contributed by atoms with Crippen molar-refractivity contribution >= 4 is 17.7 Å². The fraction of sp³-hybridized carbons (Fsp3) is 0. The number of hydrogen-bond acceptors (Lipinski definition) is 4. The van der Waals surface area contributed by atoms with Crippen LogP contribution in [0.15, 0.2) is 78.9 Å². The van der Waals surface area contributed by atoms with E-state index in [2.05, 4.69) is 12.0 Å². The minimum atomic E-state index is -1.34. The van der Waals surface area contributed by atoms with Crippen LogP contribution in [0.1, 0.15) is 42.2 Å². The minimum absolute atomic E-state index is 0.163. The largest absolute Gasteiger partial charge is 0.478 e. The molecule has 0 aromatic heterocycles. The molecular weight excluding hydrogens is 356 g/mol. The molecule has 1 N–H and O–H groups in total. The van der Waals surface area contributed by atoms with E-state index in [0.717, 1.165) is 0 Å². The first-order chi connectivity index (χ1) is 13.6. The third-order valence-electron chi connectivity index (χ3n) is 3.88. The molecule has 3 rings (SSSR count). The molecule has 0 aliphatic carbocycles. The minimum Gasteiger partial charge on any atom is -0.478 e. The lowest BCUT2D eigenvalue weighted by Crippen LogP contribution is -2.12. The summed E-state index contributed by atoms with van der Waals surface area (Å²) in [5.41, 5.74) is 0.726. The van der Waals surface area contributed by atoms with E-state index in [0.29, 0.717) is 11.1 Å². The number of benzene rings is 3. The lowest BCUT2D eigenvalue weighted by molar-refractivity contribution is 0.0649. The van der Waals surface area contributed by atoms with Crippen molar-refractivity contribution < 1.29 is 24.2 Å². The molecule has 3 aromatic carbocycles. The molecule has 0 spiro atoms. The van der Waals surface area contributed by atoms with Gasteiger partial charge in [-0.05, 0) is 30.2 Å². The van der Waals surface area contributed by atoms with Crippen LogP contribution in [-0.2, 0) is 4.74 Å². The highest BCUT2D eigenvalue weighted by Gasteiger charge is 2.20. The van der Waals surface area contributed by atoms with Crippen molar-refractivity contribution in [2.45, 2.75) is 0 Å². The van der Waals surface area contributed by atoms with Crippen LogP contribution in [0.2, 0.25) is 0 Å². The maximum atomic E-state index is 12.5. The molecule has 5 heteroatoms. The Bertz CT molecular complexity index is 1090. The number of carbonyl (C=O) groups excluding carboxylic acids is 2. The van der Waals surface area contributed by atoms with Gasteiger partial charge in [0.15, 0.2) is 5.78 Å². The monoisotopic (exact) mass is 370 g/mol. The molecule has 0 atom stereocenters. The first-order valence-corrected chi connectivity index (χ1v) is 8.30. The lowest BCUT2D eigenvalue weighted by Gasteiger charge is -2.06. The highest BCUT2D eigenvalue weighted by atomic mass is 16.5. The van der Waals surface area contributed by atoms with E-state index in [1.54, 1.807) is 54.6 Å². The van der Waals surface area contributed by atoms with Gasteiger partial charge in [0.2, 0.25) is 0 Å². The zero-order valence-corrected chi connectivity index (χ0v) is 14.6. The molecule has 0 unspecified atom stereocenters. The second-order valence-corrected chi connectivity index (χ2v) is 5.74.